The molecule has 0 radical (unpaired) electrons. The van der Waals surface area contributed by atoms with Crippen molar-refractivity contribution in [3.8, 4) is 0 Å². The highest BCUT2D eigenvalue weighted by Crippen LogP contribution is 2.31. The van der Waals surface area contributed by atoms with Crippen LogP contribution in [0.15, 0.2) is 52.0 Å². The second-order valence-electron chi connectivity index (χ2n) is 8.24. The summed E-state index contributed by atoms with van der Waals surface area (Å²) in [7, 11) is -3.82. The van der Waals surface area contributed by atoms with Crippen molar-refractivity contribution in [1.29, 1.82) is 0 Å². The molecule has 1 fully saturated rings. The molecule has 2 heterocycles. The van der Waals surface area contributed by atoms with Gasteiger partial charge in [0.2, 0.25) is 15.9 Å². The molecule has 1 aliphatic carbocycles. The molecule has 0 spiro atoms. The Labute approximate surface area is 180 Å². The number of nitrogens with one attached hydrogen (secondary N) is 1. The van der Waals surface area contributed by atoms with Gasteiger partial charge in [-0.25, -0.2) is 13.0 Å². The Morgan fingerprint density at radius 2 is 1.94 bits per heavy atom. The van der Waals surface area contributed by atoms with Crippen LogP contribution in [0.4, 0.5) is 0 Å². The van der Waals surface area contributed by atoms with Gasteiger partial charge in [-0.2, -0.15) is 4.31 Å². The van der Waals surface area contributed by atoms with E-state index >= 15 is 0 Å². The van der Waals surface area contributed by atoms with Gasteiger partial charge in [-0.05, 0) is 65.7 Å². The van der Waals surface area contributed by atoms with E-state index < -0.39 is 10.0 Å². The SMILES string of the molecule is O=C(N[C@H]1CCCc2ccccc21)[C@@H]1CCCN(S(=O)(=O)c2cccc3nonc23)C1. The molecule has 1 amide bonds. The number of amides is 1. The lowest BCUT2D eigenvalue weighted by molar-refractivity contribution is -0.127. The molecule has 9 heteroatoms. The number of aryl methyl sites for hydroxylation is 1. The van der Waals surface area contributed by atoms with Gasteiger partial charge in [-0.15, -0.1) is 0 Å². The zero-order chi connectivity index (χ0) is 21.4. The molecule has 8 nitrogen and oxygen atoms in total. The molecule has 1 saturated heterocycles. The number of fused-ring (bicyclic) bond motifs is 2. The van der Waals surface area contributed by atoms with Crippen molar-refractivity contribution in [3.05, 3.63) is 53.6 Å². The Balaban J connectivity index is 1.34. The number of nitrogens with zero attached hydrogens (tertiary/aromatic N) is 3. The van der Waals surface area contributed by atoms with Crippen molar-refractivity contribution in [2.45, 2.75) is 43.0 Å². The standard InChI is InChI=1S/C22H24N4O4S/c27-22(23-18-10-3-7-15-6-1-2-9-17(15)18)16-8-5-13-26(14-16)31(28,29)20-12-4-11-19-21(20)25-30-24-19/h1-2,4,6,9,11-12,16,18H,3,5,7-8,10,13-14H2,(H,23,27)/t16-,18+/m1/s1. The lowest BCUT2D eigenvalue weighted by Crippen LogP contribution is -2.46. The number of piperidine rings is 1. The third-order valence-corrected chi connectivity index (χ3v) is 8.20. The number of rotatable bonds is 4. The highest BCUT2D eigenvalue weighted by molar-refractivity contribution is 7.89. The molecule has 5 rings (SSSR count). The molecule has 0 bridgehead atoms. The number of aromatic nitrogens is 2. The van der Waals surface area contributed by atoms with Crippen LogP contribution >= 0.6 is 0 Å². The topological polar surface area (TPSA) is 105 Å². The second kappa shape index (κ2) is 8.05. The maximum Gasteiger partial charge on any atom is 0.245 e. The molecule has 0 saturated carbocycles. The molecule has 1 N–H and O–H groups in total. The highest BCUT2D eigenvalue weighted by atomic mass is 32.2. The number of benzene rings is 2. The molecule has 0 unspecified atom stereocenters. The van der Waals surface area contributed by atoms with Crippen LogP contribution in [0, 0.1) is 5.92 Å². The molecule has 3 aromatic rings. The molecule has 2 aliphatic rings. The first kappa shape index (κ1) is 20.1. The predicted octanol–water partition coefficient (Wildman–Crippen LogP) is 2.82. The normalized spacial score (nSPS) is 22.2. The van der Waals surface area contributed by atoms with Crippen LogP contribution in [0.3, 0.4) is 0 Å². The third-order valence-electron chi connectivity index (χ3n) is 6.31. The van der Waals surface area contributed by atoms with Gasteiger partial charge in [0, 0.05) is 13.1 Å². The van der Waals surface area contributed by atoms with Gasteiger partial charge in [0.15, 0.2) is 5.52 Å². The van der Waals surface area contributed by atoms with Crippen molar-refractivity contribution < 1.29 is 17.8 Å². The van der Waals surface area contributed by atoms with Crippen molar-refractivity contribution in [2.75, 3.05) is 13.1 Å². The van der Waals surface area contributed by atoms with Gasteiger partial charge in [0.25, 0.3) is 0 Å². The van der Waals surface area contributed by atoms with E-state index in [2.05, 4.69) is 27.8 Å². The van der Waals surface area contributed by atoms with Crippen molar-refractivity contribution in [2.24, 2.45) is 5.92 Å². The average molecular weight is 441 g/mol. The van der Waals surface area contributed by atoms with Gasteiger partial charge in [0.05, 0.1) is 12.0 Å². The van der Waals surface area contributed by atoms with E-state index in [1.54, 1.807) is 12.1 Å². The van der Waals surface area contributed by atoms with Crippen LogP contribution in [-0.4, -0.2) is 42.0 Å². The summed E-state index contributed by atoms with van der Waals surface area (Å²) in [5, 5.41) is 10.7. The summed E-state index contributed by atoms with van der Waals surface area (Å²) in [5.74, 6) is -0.463. The van der Waals surface area contributed by atoms with Crippen LogP contribution in [0.2, 0.25) is 0 Å². The van der Waals surface area contributed by atoms with Gasteiger partial charge in [-0.1, -0.05) is 30.3 Å². The maximum atomic E-state index is 13.3. The first-order valence-electron chi connectivity index (χ1n) is 10.6. The van der Waals surface area contributed by atoms with E-state index in [-0.39, 0.29) is 34.8 Å². The first-order valence-corrected chi connectivity index (χ1v) is 12.1. The zero-order valence-electron chi connectivity index (χ0n) is 17.0. The fourth-order valence-corrected chi connectivity index (χ4v) is 6.36. The number of carbonyl (C=O) groups is 1. The average Bonchev–Trinajstić information content (AvgIpc) is 3.28. The zero-order valence-corrected chi connectivity index (χ0v) is 17.8. The molecule has 1 aliphatic heterocycles. The van der Waals surface area contributed by atoms with Crippen LogP contribution in [0.5, 0.6) is 0 Å². The summed E-state index contributed by atoms with van der Waals surface area (Å²) in [6.45, 7) is 0.532. The van der Waals surface area contributed by atoms with E-state index in [1.807, 2.05) is 12.1 Å². The van der Waals surface area contributed by atoms with E-state index in [0.29, 0.717) is 24.9 Å². The van der Waals surface area contributed by atoms with Gasteiger partial charge in [-0.3, -0.25) is 4.79 Å². The summed E-state index contributed by atoms with van der Waals surface area (Å²) >= 11 is 0. The fourth-order valence-electron chi connectivity index (χ4n) is 4.70. The Morgan fingerprint density at radius 1 is 1.06 bits per heavy atom. The largest absolute Gasteiger partial charge is 0.349 e. The molecular formula is C22H24N4O4S. The summed E-state index contributed by atoms with van der Waals surface area (Å²) in [4.78, 5) is 13.1. The first-order chi connectivity index (χ1) is 15.0. The minimum atomic E-state index is -3.82. The van der Waals surface area contributed by atoms with E-state index in [4.69, 9.17) is 4.63 Å². The van der Waals surface area contributed by atoms with Crippen molar-refractivity contribution >= 4 is 27.0 Å². The lowest BCUT2D eigenvalue weighted by Gasteiger charge is -2.33. The summed E-state index contributed by atoms with van der Waals surface area (Å²) in [6, 6.07) is 13.0. The minimum absolute atomic E-state index is 0.0145. The molecular weight excluding hydrogens is 416 g/mol. The van der Waals surface area contributed by atoms with Crippen LogP contribution in [0.25, 0.3) is 11.0 Å². The minimum Gasteiger partial charge on any atom is -0.349 e. The smallest absolute Gasteiger partial charge is 0.245 e. The molecule has 31 heavy (non-hydrogen) atoms. The highest BCUT2D eigenvalue weighted by Gasteiger charge is 2.35. The third kappa shape index (κ3) is 3.72. The number of hydrogen-bond donors (Lipinski definition) is 1. The Hall–Kier alpha value is -2.78. The van der Waals surface area contributed by atoms with E-state index in [0.717, 1.165) is 19.3 Å². The monoisotopic (exact) mass is 440 g/mol. The van der Waals surface area contributed by atoms with Crippen LogP contribution in [0.1, 0.15) is 42.9 Å². The van der Waals surface area contributed by atoms with Crippen LogP contribution < -0.4 is 5.32 Å². The van der Waals surface area contributed by atoms with Crippen molar-refractivity contribution in [1.82, 2.24) is 19.9 Å². The van der Waals surface area contributed by atoms with Crippen molar-refractivity contribution in [3.63, 3.8) is 0 Å². The van der Waals surface area contributed by atoms with E-state index in [1.165, 1.54) is 21.5 Å². The van der Waals surface area contributed by atoms with Gasteiger partial charge >= 0.3 is 0 Å². The molecule has 2 atom stereocenters. The second-order valence-corrected chi connectivity index (χ2v) is 10.1. The summed E-state index contributed by atoms with van der Waals surface area (Å²) < 4.78 is 32.7. The summed E-state index contributed by atoms with van der Waals surface area (Å²) in [6.07, 6.45) is 4.26. The Morgan fingerprint density at radius 3 is 2.84 bits per heavy atom. The number of hydrogen-bond acceptors (Lipinski definition) is 6. The molecule has 1 aromatic heterocycles. The van der Waals surface area contributed by atoms with Gasteiger partial charge < -0.3 is 5.32 Å². The Kier molecular flexibility index (Phi) is 5.23. The predicted molar refractivity (Wildman–Crippen MR) is 114 cm³/mol. The Bertz CT molecular complexity index is 1220. The molecule has 162 valence electrons. The van der Waals surface area contributed by atoms with Gasteiger partial charge in [0.1, 0.15) is 10.4 Å². The maximum absolute atomic E-state index is 13.3. The summed E-state index contributed by atoms with van der Waals surface area (Å²) in [5.41, 5.74) is 3.06. The van der Waals surface area contributed by atoms with E-state index in [9.17, 15) is 13.2 Å². The molecule has 2 aromatic carbocycles. The number of carbonyl (C=O) groups excluding carboxylic acids is 1. The van der Waals surface area contributed by atoms with Crippen LogP contribution in [-0.2, 0) is 21.2 Å². The quantitative estimate of drug-likeness (QED) is 0.669. The number of sulfonamides is 1. The lowest BCUT2D eigenvalue weighted by atomic mass is 9.87. The fraction of sp³-hybridized carbons (Fsp3) is 0.409.